The molecule has 2 nitrogen and oxygen atoms in total. The van der Waals surface area contributed by atoms with Crippen LogP contribution in [0.25, 0.3) is 0 Å². The second-order valence-electron chi connectivity index (χ2n) is 5.96. The highest BCUT2D eigenvalue weighted by Crippen LogP contribution is 2.25. The van der Waals surface area contributed by atoms with E-state index < -0.39 is 0 Å². The van der Waals surface area contributed by atoms with Gasteiger partial charge in [-0.05, 0) is 31.6 Å². The van der Waals surface area contributed by atoms with Crippen molar-refractivity contribution in [1.29, 1.82) is 0 Å². The van der Waals surface area contributed by atoms with Gasteiger partial charge in [0.2, 0.25) is 0 Å². The van der Waals surface area contributed by atoms with Crippen molar-refractivity contribution in [2.24, 2.45) is 11.8 Å². The lowest BCUT2D eigenvalue weighted by atomic mass is 9.93. The quantitative estimate of drug-likeness (QED) is 0.543. The third-order valence-electron chi connectivity index (χ3n) is 3.77. The second-order valence-corrected chi connectivity index (χ2v) is 5.96. The summed E-state index contributed by atoms with van der Waals surface area (Å²) in [6, 6.07) is 0.663. The van der Waals surface area contributed by atoms with Crippen LogP contribution in [0.3, 0.4) is 0 Å². The van der Waals surface area contributed by atoms with Crippen LogP contribution in [0, 0.1) is 11.8 Å². The lowest BCUT2D eigenvalue weighted by molar-refractivity contribution is 0.108. The normalized spacial score (nSPS) is 20.5. The van der Waals surface area contributed by atoms with Crippen LogP contribution in [0.4, 0.5) is 0 Å². The number of ether oxygens (including phenoxy) is 1. The topological polar surface area (TPSA) is 21.3 Å². The Hall–Kier alpha value is -0.0800. The van der Waals surface area contributed by atoms with Crippen LogP contribution in [0.2, 0.25) is 0 Å². The highest BCUT2D eigenvalue weighted by molar-refractivity contribution is 4.74. The Morgan fingerprint density at radius 1 is 1.06 bits per heavy atom. The maximum absolute atomic E-state index is 5.59. The first kappa shape index (κ1) is 15.0. The maximum atomic E-state index is 5.59. The van der Waals surface area contributed by atoms with Crippen molar-refractivity contribution >= 4 is 0 Å². The molecule has 0 aromatic rings. The standard InChI is InChI=1S/C15H31NO/c1-13(2)12-17-11-10-16-14(3)15-8-6-4-5-7-9-15/h13-16H,4-12H2,1-3H3/t14-/m1/s1. The molecular formula is C15H31NO. The van der Waals surface area contributed by atoms with Crippen molar-refractivity contribution in [3.8, 4) is 0 Å². The van der Waals surface area contributed by atoms with Gasteiger partial charge in [0.15, 0.2) is 0 Å². The van der Waals surface area contributed by atoms with Crippen molar-refractivity contribution < 1.29 is 4.74 Å². The van der Waals surface area contributed by atoms with Crippen LogP contribution in [0.5, 0.6) is 0 Å². The van der Waals surface area contributed by atoms with Gasteiger partial charge in [0.05, 0.1) is 6.61 Å². The minimum atomic E-state index is 0.647. The zero-order chi connectivity index (χ0) is 12.5. The number of hydrogen-bond acceptors (Lipinski definition) is 2. The fraction of sp³-hybridized carbons (Fsp3) is 1.00. The molecule has 2 heteroatoms. The first-order valence-electron chi connectivity index (χ1n) is 7.51. The van der Waals surface area contributed by atoms with Gasteiger partial charge in [0.1, 0.15) is 0 Å². The first-order valence-corrected chi connectivity index (χ1v) is 7.51. The summed E-state index contributed by atoms with van der Waals surface area (Å²) >= 11 is 0. The lowest BCUT2D eigenvalue weighted by Gasteiger charge is -2.23. The molecule has 0 aromatic heterocycles. The fourth-order valence-electron chi connectivity index (χ4n) is 2.66. The molecule has 17 heavy (non-hydrogen) atoms. The van der Waals surface area contributed by atoms with Gasteiger partial charge in [-0.3, -0.25) is 0 Å². The van der Waals surface area contributed by atoms with Gasteiger partial charge in [0, 0.05) is 19.2 Å². The van der Waals surface area contributed by atoms with Gasteiger partial charge in [0.25, 0.3) is 0 Å². The summed E-state index contributed by atoms with van der Waals surface area (Å²) in [6.07, 6.45) is 8.59. The smallest absolute Gasteiger partial charge is 0.0591 e. The molecule has 0 heterocycles. The monoisotopic (exact) mass is 241 g/mol. The molecule has 1 aliphatic rings. The van der Waals surface area contributed by atoms with Gasteiger partial charge >= 0.3 is 0 Å². The molecule has 1 fully saturated rings. The summed E-state index contributed by atoms with van der Waals surface area (Å²) in [5, 5.41) is 3.63. The van der Waals surface area contributed by atoms with Gasteiger partial charge < -0.3 is 10.1 Å². The molecule has 102 valence electrons. The summed E-state index contributed by atoms with van der Waals surface area (Å²) in [7, 11) is 0. The van der Waals surface area contributed by atoms with E-state index in [-0.39, 0.29) is 0 Å². The lowest BCUT2D eigenvalue weighted by Crippen LogP contribution is -2.35. The Labute approximate surface area is 108 Å². The van der Waals surface area contributed by atoms with Crippen molar-refractivity contribution in [3.63, 3.8) is 0 Å². The molecule has 0 radical (unpaired) electrons. The van der Waals surface area contributed by atoms with Crippen molar-refractivity contribution in [1.82, 2.24) is 5.32 Å². The van der Waals surface area contributed by atoms with E-state index in [2.05, 4.69) is 26.1 Å². The molecule has 0 bridgehead atoms. The number of hydrogen-bond donors (Lipinski definition) is 1. The molecule has 1 N–H and O–H groups in total. The Balaban J connectivity index is 2.04. The summed E-state index contributed by atoms with van der Waals surface area (Å²) < 4.78 is 5.59. The Bertz CT molecular complexity index is 174. The maximum Gasteiger partial charge on any atom is 0.0591 e. The van der Waals surface area contributed by atoms with Crippen LogP contribution in [0.15, 0.2) is 0 Å². The molecule has 1 aliphatic carbocycles. The minimum absolute atomic E-state index is 0.647. The molecule has 0 unspecified atom stereocenters. The predicted octanol–water partition coefficient (Wildman–Crippen LogP) is 3.61. The fourth-order valence-corrected chi connectivity index (χ4v) is 2.66. The van der Waals surface area contributed by atoms with Gasteiger partial charge in [-0.25, -0.2) is 0 Å². The molecule has 1 saturated carbocycles. The van der Waals surface area contributed by atoms with E-state index in [1.807, 2.05) is 0 Å². The third-order valence-corrected chi connectivity index (χ3v) is 3.77. The van der Waals surface area contributed by atoms with Crippen molar-refractivity contribution in [2.75, 3.05) is 19.8 Å². The van der Waals surface area contributed by atoms with Gasteiger partial charge in [-0.15, -0.1) is 0 Å². The van der Waals surface area contributed by atoms with Crippen molar-refractivity contribution in [2.45, 2.75) is 65.3 Å². The summed E-state index contributed by atoms with van der Waals surface area (Å²) in [4.78, 5) is 0. The summed E-state index contributed by atoms with van der Waals surface area (Å²) in [5.41, 5.74) is 0. The average molecular weight is 241 g/mol. The summed E-state index contributed by atoms with van der Waals surface area (Å²) in [6.45, 7) is 9.49. The highest BCUT2D eigenvalue weighted by Gasteiger charge is 2.18. The SMILES string of the molecule is CC(C)COCCN[C@H](C)C1CCCCCC1. The van der Waals surface area contributed by atoms with Gasteiger partial charge in [-0.2, -0.15) is 0 Å². The van der Waals surface area contributed by atoms with Gasteiger partial charge in [-0.1, -0.05) is 39.5 Å². The van der Waals surface area contributed by atoms with E-state index in [1.54, 1.807) is 0 Å². The second kappa shape index (κ2) is 8.93. The van der Waals surface area contributed by atoms with Crippen LogP contribution < -0.4 is 5.32 Å². The molecular weight excluding hydrogens is 210 g/mol. The Kier molecular flexibility index (Phi) is 7.87. The molecule has 0 saturated heterocycles. The van der Waals surface area contributed by atoms with E-state index in [0.717, 1.165) is 25.7 Å². The van der Waals surface area contributed by atoms with Crippen LogP contribution in [0.1, 0.15) is 59.3 Å². The molecule has 0 aromatic carbocycles. The molecule has 1 atom stereocenters. The van der Waals surface area contributed by atoms with Crippen molar-refractivity contribution in [3.05, 3.63) is 0 Å². The van der Waals surface area contributed by atoms with E-state index >= 15 is 0 Å². The van der Waals surface area contributed by atoms with E-state index in [9.17, 15) is 0 Å². The molecule has 0 spiro atoms. The highest BCUT2D eigenvalue weighted by atomic mass is 16.5. The molecule has 0 aliphatic heterocycles. The van der Waals surface area contributed by atoms with Crippen LogP contribution in [-0.2, 0) is 4.74 Å². The number of rotatable bonds is 7. The largest absolute Gasteiger partial charge is 0.380 e. The minimum Gasteiger partial charge on any atom is -0.380 e. The van der Waals surface area contributed by atoms with Crippen LogP contribution >= 0.6 is 0 Å². The van der Waals surface area contributed by atoms with E-state index in [4.69, 9.17) is 4.74 Å². The zero-order valence-corrected chi connectivity index (χ0v) is 12.0. The Morgan fingerprint density at radius 2 is 1.71 bits per heavy atom. The zero-order valence-electron chi connectivity index (χ0n) is 12.0. The van der Waals surface area contributed by atoms with E-state index in [1.165, 1.54) is 38.5 Å². The van der Waals surface area contributed by atoms with Crippen LogP contribution in [-0.4, -0.2) is 25.8 Å². The molecule has 0 amide bonds. The van der Waals surface area contributed by atoms with E-state index in [0.29, 0.717) is 12.0 Å². The number of nitrogens with one attached hydrogen (secondary N) is 1. The Morgan fingerprint density at radius 3 is 2.29 bits per heavy atom. The average Bonchev–Trinajstić information content (AvgIpc) is 2.56. The predicted molar refractivity (Wildman–Crippen MR) is 74.3 cm³/mol. The molecule has 1 rings (SSSR count). The third kappa shape index (κ3) is 7.05. The first-order chi connectivity index (χ1) is 8.20. The summed E-state index contributed by atoms with van der Waals surface area (Å²) in [5.74, 6) is 1.54.